The Morgan fingerprint density at radius 3 is 2.83 bits per heavy atom. The van der Waals surface area contributed by atoms with Crippen molar-refractivity contribution in [2.24, 2.45) is 0 Å². The molecule has 3 aromatic rings. The smallest absolute Gasteiger partial charge is 0.242 e. The summed E-state index contributed by atoms with van der Waals surface area (Å²) >= 11 is 0. The molecule has 0 aliphatic carbocycles. The van der Waals surface area contributed by atoms with E-state index in [0.29, 0.717) is 55.3 Å². The lowest BCUT2D eigenvalue weighted by Gasteiger charge is -2.33. The van der Waals surface area contributed by atoms with E-state index in [0.717, 1.165) is 17.0 Å². The van der Waals surface area contributed by atoms with E-state index < -0.39 is 6.04 Å². The Labute approximate surface area is 203 Å². The zero-order valence-electron chi connectivity index (χ0n) is 19.8. The van der Waals surface area contributed by atoms with E-state index in [1.54, 1.807) is 24.7 Å². The highest BCUT2D eigenvalue weighted by Gasteiger charge is 2.33. The normalized spacial score (nSPS) is 18.5. The topological polar surface area (TPSA) is 89.5 Å². The van der Waals surface area contributed by atoms with Crippen LogP contribution in [0.5, 0.6) is 5.75 Å². The van der Waals surface area contributed by atoms with E-state index in [2.05, 4.69) is 25.2 Å². The Hall–Kier alpha value is -3.43. The highest BCUT2D eigenvalue weighted by molar-refractivity contribution is 5.83. The molecule has 2 aliphatic rings. The number of nitrogens with one attached hydrogen (secondary N) is 1. The molecule has 0 unspecified atom stereocenters. The monoisotopic (exact) mass is 477 g/mol. The fourth-order valence-corrected chi connectivity index (χ4v) is 4.67. The zero-order valence-corrected chi connectivity index (χ0v) is 19.8. The first kappa shape index (κ1) is 23.3. The second-order valence-electron chi connectivity index (χ2n) is 8.87. The SMILES string of the molecule is Cc1cnc(C)c(-c2ccc(F)c3c2O[C@@H](CNC(=O)[C@H](c2cccnc2)N2CCOCC2)C3)n1. The van der Waals surface area contributed by atoms with Gasteiger partial charge in [0.2, 0.25) is 5.91 Å². The summed E-state index contributed by atoms with van der Waals surface area (Å²) in [6, 6.07) is 6.38. The quantitative estimate of drug-likeness (QED) is 0.584. The Bertz CT molecular complexity index is 1220. The van der Waals surface area contributed by atoms with Crippen LogP contribution >= 0.6 is 0 Å². The molecule has 2 aliphatic heterocycles. The van der Waals surface area contributed by atoms with Crippen LogP contribution in [-0.2, 0) is 16.0 Å². The first-order chi connectivity index (χ1) is 17.0. The molecular weight excluding hydrogens is 449 g/mol. The van der Waals surface area contributed by atoms with Crippen LogP contribution in [0.2, 0.25) is 0 Å². The molecule has 35 heavy (non-hydrogen) atoms. The van der Waals surface area contributed by atoms with E-state index in [9.17, 15) is 9.18 Å². The van der Waals surface area contributed by atoms with Gasteiger partial charge in [0.15, 0.2) is 0 Å². The third-order valence-electron chi connectivity index (χ3n) is 6.41. The fourth-order valence-electron chi connectivity index (χ4n) is 4.67. The van der Waals surface area contributed by atoms with E-state index in [1.165, 1.54) is 6.07 Å². The lowest BCUT2D eigenvalue weighted by molar-refractivity contribution is -0.128. The minimum absolute atomic E-state index is 0.138. The van der Waals surface area contributed by atoms with E-state index in [1.807, 2.05) is 26.0 Å². The number of ether oxygens (including phenoxy) is 2. The Morgan fingerprint density at radius 2 is 2.06 bits per heavy atom. The second-order valence-corrected chi connectivity index (χ2v) is 8.87. The number of hydrogen-bond donors (Lipinski definition) is 1. The summed E-state index contributed by atoms with van der Waals surface area (Å²) in [6.45, 7) is 6.46. The number of nitrogens with zero attached hydrogens (tertiary/aromatic N) is 4. The van der Waals surface area contributed by atoms with Crippen molar-refractivity contribution in [3.63, 3.8) is 0 Å². The number of fused-ring (bicyclic) bond motifs is 1. The molecule has 0 spiro atoms. The molecule has 0 bridgehead atoms. The van der Waals surface area contributed by atoms with Crippen molar-refractivity contribution in [1.29, 1.82) is 0 Å². The largest absolute Gasteiger partial charge is 0.487 e. The van der Waals surface area contributed by atoms with Crippen LogP contribution in [0.4, 0.5) is 4.39 Å². The molecule has 9 heteroatoms. The molecule has 0 saturated carbocycles. The molecule has 0 radical (unpaired) electrons. The van der Waals surface area contributed by atoms with Gasteiger partial charge in [-0.05, 0) is 37.6 Å². The minimum Gasteiger partial charge on any atom is -0.487 e. The van der Waals surface area contributed by atoms with Gasteiger partial charge in [-0.1, -0.05) is 6.07 Å². The minimum atomic E-state index is -0.478. The number of carbonyl (C=O) groups is 1. The van der Waals surface area contributed by atoms with Crippen molar-refractivity contribution >= 4 is 5.91 Å². The Kier molecular flexibility index (Phi) is 6.70. The summed E-state index contributed by atoms with van der Waals surface area (Å²) in [5.74, 6) is 0.0159. The number of amides is 1. The van der Waals surface area contributed by atoms with Crippen molar-refractivity contribution < 1.29 is 18.7 Å². The predicted octanol–water partition coefficient (Wildman–Crippen LogP) is 2.79. The van der Waals surface area contributed by atoms with Crippen molar-refractivity contribution in [3.8, 4) is 17.0 Å². The molecular formula is C26H28FN5O3. The van der Waals surface area contributed by atoms with Gasteiger partial charge in [0, 0.05) is 49.2 Å². The van der Waals surface area contributed by atoms with Gasteiger partial charge < -0.3 is 14.8 Å². The van der Waals surface area contributed by atoms with Gasteiger partial charge in [0.05, 0.1) is 36.8 Å². The molecule has 2 aromatic heterocycles. The molecule has 2 atom stereocenters. The Morgan fingerprint density at radius 1 is 1.23 bits per heavy atom. The predicted molar refractivity (Wildman–Crippen MR) is 127 cm³/mol. The van der Waals surface area contributed by atoms with Gasteiger partial charge in [0.1, 0.15) is 23.7 Å². The summed E-state index contributed by atoms with van der Waals surface area (Å²) in [5.41, 5.74) is 4.23. The van der Waals surface area contributed by atoms with Gasteiger partial charge in [-0.25, -0.2) is 9.37 Å². The molecule has 1 amide bonds. The molecule has 1 N–H and O–H groups in total. The van der Waals surface area contributed by atoms with E-state index >= 15 is 0 Å². The number of carbonyl (C=O) groups excluding carboxylic acids is 1. The number of pyridine rings is 1. The molecule has 4 heterocycles. The number of rotatable bonds is 6. The van der Waals surface area contributed by atoms with Crippen LogP contribution in [0.15, 0.2) is 42.9 Å². The van der Waals surface area contributed by atoms with E-state index in [4.69, 9.17) is 9.47 Å². The summed E-state index contributed by atoms with van der Waals surface area (Å²) in [5, 5.41) is 3.03. The third kappa shape index (κ3) is 4.87. The number of aryl methyl sites for hydroxylation is 2. The first-order valence-electron chi connectivity index (χ1n) is 11.8. The zero-order chi connectivity index (χ0) is 24.4. The van der Waals surface area contributed by atoms with Crippen LogP contribution in [0.25, 0.3) is 11.3 Å². The van der Waals surface area contributed by atoms with Crippen LogP contribution in [-0.4, -0.2) is 64.7 Å². The lowest BCUT2D eigenvalue weighted by atomic mass is 10.0. The third-order valence-corrected chi connectivity index (χ3v) is 6.41. The lowest BCUT2D eigenvalue weighted by Crippen LogP contribution is -2.47. The summed E-state index contributed by atoms with van der Waals surface area (Å²) < 4.78 is 26.3. The fraction of sp³-hybridized carbons (Fsp3) is 0.385. The number of aromatic nitrogens is 3. The molecule has 1 saturated heterocycles. The summed E-state index contributed by atoms with van der Waals surface area (Å²) in [7, 11) is 0. The number of benzene rings is 1. The first-order valence-corrected chi connectivity index (χ1v) is 11.8. The average molecular weight is 478 g/mol. The van der Waals surface area contributed by atoms with Gasteiger partial charge in [-0.3, -0.25) is 19.7 Å². The molecule has 1 fully saturated rings. The number of morpholine rings is 1. The summed E-state index contributed by atoms with van der Waals surface area (Å²) in [4.78, 5) is 28.6. The van der Waals surface area contributed by atoms with Crippen molar-refractivity contribution in [2.75, 3.05) is 32.8 Å². The number of hydrogen-bond acceptors (Lipinski definition) is 7. The maximum Gasteiger partial charge on any atom is 0.242 e. The second kappa shape index (κ2) is 10.1. The van der Waals surface area contributed by atoms with Crippen molar-refractivity contribution in [2.45, 2.75) is 32.4 Å². The Balaban J connectivity index is 1.33. The molecule has 1 aromatic carbocycles. The van der Waals surface area contributed by atoms with Gasteiger partial charge in [-0.15, -0.1) is 0 Å². The van der Waals surface area contributed by atoms with Gasteiger partial charge >= 0.3 is 0 Å². The van der Waals surface area contributed by atoms with Crippen LogP contribution in [0.1, 0.15) is 28.6 Å². The molecule has 8 nitrogen and oxygen atoms in total. The van der Waals surface area contributed by atoms with Crippen LogP contribution < -0.4 is 10.1 Å². The highest BCUT2D eigenvalue weighted by atomic mass is 19.1. The molecule has 182 valence electrons. The van der Waals surface area contributed by atoms with E-state index in [-0.39, 0.29) is 24.4 Å². The van der Waals surface area contributed by atoms with Crippen LogP contribution in [0, 0.1) is 19.7 Å². The van der Waals surface area contributed by atoms with Crippen LogP contribution in [0.3, 0.4) is 0 Å². The standard InChI is InChI=1S/C26H28FN5O3/c1-16-13-29-17(2)23(31-16)20-5-6-22(27)21-12-19(35-25(20)21)15-30-26(33)24(18-4-3-7-28-14-18)32-8-10-34-11-9-32/h3-7,13-14,19,24H,8-12,15H2,1-2H3,(H,30,33)/t19-,24+/m1/s1. The van der Waals surface area contributed by atoms with Crippen molar-refractivity contribution in [1.82, 2.24) is 25.2 Å². The maximum atomic E-state index is 14.7. The molecule has 5 rings (SSSR count). The highest BCUT2D eigenvalue weighted by Crippen LogP contribution is 2.40. The van der Waals surface area contributed by atoms with Crippen molar-refractivity contribution in [3.05, 3.63) is 71.2 Å². The maximum absolute atomic E-state index is 14.7. The number of halogens is 1. The van der Waals surface area contributed by atoms with Gasteiger partial charge in [-0.2, -0.15) is 0 Å². The average Bonchev–Trinajstić information content (AvgIpc) is 3.31. The summed E-state index contributed by atoms with van der Waals surface area (Å²) in [6.07, 6.45) is 5.09. The van der Waals surface area contributed by atoms with Gasteiger partial charge in [0.25, 0.3) is 0 Å².